The van der Waals surface area contributed by atoms with Gasteiger partial charge in [0.05, 0.1) is 11.5 Å². The summed E-state index contributed by atoms with van der Waals surface area (Å²) in [5, 5.41) is 11.2. The predicted molar refractivity (Wildman–Crippen MR) is 124 cm³/mol. The Morgan fingerprint density at radius 2 is 1.81 bits per heavy atom. The lowest BCUT2D eigenvalue weighted by Crippen LogP contribution is -2.06. The van der Waals surface area contributed by atoms with E-state index in [0.717, 1.165) is 17.7 Å². The van der Waals surface area contributed by atoms with E-state index in [1.807, 2.05) is 24.3 Å². The van der Waals surface area contributed by atoms with Crippen LogP contribution < -0.4 is 4.74 Å². The van der Waals surface area contributed by atoms with Crippen LogP contribution in [0.25, 0.3) is 6.08 Å². The molecule has 0 amide bonds. The topological polar surface area (TPSA) is 91.0 Å². The number of nitro groups is 1. The number of aliphatic imine (C=N–C) groups is 1. The largest absolute Gasteiger partial charge is 0.494 e. The molecular weight excluding hydrogens is 432 g/mol. The summed E-state index contributed by atoms with van der Waals surface area (Å²) >= 11 is 5.94. The Bertz CT molecular complexity index is 1030. The number of carbonyl (C=O) groups is 1. The third-order valence-corrected chi connectivity index (χ3v) is 5.13. The van der Waals surface area contributed by atoms with Gasteiger partial charge in [-0.2, -0.15) is 0 Å². The summed E-state index contributed by atoms with van der Waals surface area (Å²) in [6, 6.07) is 11.3. The first-order chi connectivity index (χ1) is 15.5. The molecule has 1 aliphatic heterocycles. The summed E-state index contributed by atoms with van der Waals surface area (Å²) in [6.45, 7) is 2.88. The molecule has 1 aliphatic rings. The number of nitro benzene ring substituents is 1. The molecule has 2 aromatic rings. The van der Waals surface area contributed by atoms with Gasteiger partial charge in [0, 0.05) is 22.7 Å². The number of hydrogen-bond acceptors (Lipinski definition) is 6. The van der Waals surface area contributed by atoms with Crippen LogP contribution in [0.4, 0.5) is 5.69 Å². The van der Waals surface area contributed by atoms with Gasteiger partial charge in [0.1, 0.15) is 5.75 Å². The first-order valence-corrected chi connectivity index (χ1v) is 11.0. The Labute approximate surface area is 191 Å². The van der Waals surface area contributed by atoms with Gasteiger partial charge in [-0.15, -0.1) is 0 Å². The summed E-state index contributed by atoms with van der Waals surface area (Å²) in [7, 11) is 0. The average molecular weight is 457 g/mol. The summed E-state index contributed by atoms with van der Waals surface area (Å²) in [6.07, 6.45) is 8.84. The van der Waals surface area contributed by atoms with Crippen molar-refractivity contribution in [3.63, 3.8) is 0 Å². The van der Waals surface area contributed by atoms with Gasteiger partial charge in [-0.1, -0.05) is 62.8 Å². The molecule has 0 spiro atoms. The van der Waals surface area contributed by atoms with Crippen molar-refractivity contribution < 1.29 is 19.2 Å². The summed E-state index contributed by atoms with van der Waals surface area (Å²) in [5.41, 5.74) is 0.911. The van der Waals surface area contributed by atoms with Crippen LogP contribution in [0.2, 0.25) is 5.02 Å². The molecule has 168 valence electrons. The number of cyclic esters (lactones) is 1. The first-order valence-electron chi connectivity index (χ1n) is 10.7. The van der Waals surface area contributed by atoms with Crippen molar-refractivity contribution in [1.82, 2.24) is 0 Å². The van der Waals surface area contributed by atoms with Gasteiger partial charge < -0.3 is 9.47 Å². The number of hydrogen-bond donors (Lipinski definition) is 0. The van der Waals surface area contributed by atoms with Crippen LogP contribution >= 0.6 is 11.6 Å². The highest BCUT2D eigenvalue weighted by atomic mass is 35.5. The Kier molecular flexibility index (Phi) is 8.39. The van der Waals surface area contributed by atoms with Crippen molar-refractivity contribution in [3.05, 3.63) is 74.4 Å². The SMILES string of the molecule is CCCCCCCCOc1ccc(/C=C2/N=C(c3cc(Cl)cc([N+](=O)[O-])c3)OC2=O)cc1. The quantitative estimate of drug-likeness (QED) is 0.129. The zero-order valence-corrected chi connectivity index (χ0v) is 18.6. The van der Waals surface area contributed by atoms with Crippen LogP contribution in [0, 0.1) is 10.1 Å². The van der Waals surface area contributed by atoms with Gasteiger partial charge in [-0.25, -0.2) is 9.79 Å². The van der Waals surface area contributed by atoms with E-state index in [2.05, 4.69) is 11.9 Å². The lowest BCUT2D eigenvalue weighted by molar-refractivity contribution is -0.384. The second kappa shape index (κ2) is 11.4. The van der Waals surface area contributed by atoms with Crippen molar-refractivity contribution in [1.29, 1.82) is 0 Å². The maximum Gasteiger partial charge on any atom is 0.363 e. The van der Waals surface area contributed by atoms with E-state index >= 15 is 0 Å². The Morgan fingerprint density at radius 1 is 1.09 bits per heavy atom. The number of halogens is 1. The van der Waals surface area contributed by atoms with Gasteiger partial charge in [0.25, 0.3) is 5.69 Å². The standard InChI is InChI=1S/C24H25ClN2O5/c1-2-3-4-5-6-7-12-31-21-10-8-17(9-11-21)13-22-24(28)32-23(26-22)18-14-19(25)16-20(15-18)27(29)30/h8-11,13-16H,2-7,12H2,1H3/b22-13+. The highest BCUT2D eigenvalue weighted by Crippen LogP contribution is 2.25. The van der Waals surface area contributed by atoms with Crippen LogP contribution in [0.3, 0.4) is 0 Å². The van der Waals surface area contributed by atoms with Crippen LogP contribution in [-0.2, 0) is 9.53 Å². The second-order valence-electron chi connectivity index (χ2n) is 7.48. The van der Waals surface area contributed by atoms with Gasteiger partial charge in [0.2, 0.25) is 5.90 Å². The monoisotopic (exact) mass is 456 g/mol. The molecular formula is C24H25ClN2O5. The van der Waals surface area contributed by atoms with Crippen LogP contribution in [-0.4, -0.2) is 23.4 Å². The molecule has 0 unspecified atom stereocenters. The average Bonchev–Trinajstić information content (AvgIpc) is 3.14. The number of benzene rings is 2. The van der Waals surface area contributed by atoms with Crippen molar-refractivity contribution in [3.8, 4) is 5.75 Å². The van der Waals surface area contributed by atoms with Gasteiger partial charge in [-0.05, 0) is 36.3 Å². The normalized spacial score (nSPS) is 14.4. The molecule has 0 saturated heterocycles. The molecule has 8 heteroatoms. The van der Waals surface area contributed by atoms with E-state index in [9.17, 15) is 14.9 Å². The van der Waals surface area contributed by atoms with Crippen LogP contribution in [0.15, 0.2) is 53.2 Å². The number of nitrogens with zero attached hydrogens (tertiary/aromatic N) is 2. The highest BCUT2D eigenvalue weighted by Gasteiger charge is 2.25. The van der Waals surface area contributed by atoms with Crippen molar-refractivity contribution in [2.75, 3.05) is 6.61 Å². The number of ether oxygens (including phenoxy) is 2. The third kappa shape index (κ3) is 6.65. The molecule has 2 aromatic carbocycles. The summed E-state index contributed by atoms with van der Waals surface area (Å²) in [5.74, 6) is 0.113. The number of rotatable bonds is 11. The summed E-state index contributed by atoms with van der Waals surface area (Å²) in [4.78, 5) is 26.9. The van der Waals surface area contributed by atoms with E-state index in [0.29, 0.717) is 6.61 Å². The van der Waals surface area contributed by atoms with E-state index in [1.165, 1.54) is 50.3 Å². The predicted octanol–water partition coefficient (Wildman–Crippen LogP) is 6.33. The third-order valence-electron chi connectivity index (χ3n) is 4.91. The fourth-order valence-corrected chi connectivity index (χ4v) is 3.46. The molecule has 0 fully saturated rings. The number of non-ortho nitro benzene ring substituents is 1. The fourth-order valence-electron chi connectivity index (χ4n) is 3.23. The Hall–Kier alpha value is -3.19. The first kappa shape index (κ1) is 23.5. The molecule has 0 radical (unpaired) electrons. The Balaban J connectivity index is 1.61. The molecule has 0 aromatic heterocycles. The molecule has 32 heavy (non-hydrogen) atoms. The molecule has 7 nitrogen and oxygen atoms in total. The molecule has 0 N–H and O–H groups in total. The fraction of sp³-hybridized carbons (Fsp3) is 0.333. The highest BCUT2D eigenvalue weighted by molar-refractivity contribution is 6.31. The maximum absolute atomic E-state index is 12.2. The van der Waals surface area contributed by atoms with E-state index < -0.39 is 10.9 Å². The maximum atomic E-state index is 12.2. The lowest BCUT2D eigenvalue weighted by atomic mass is 10.1. The van der Waals surface area contributed by atoms with Crippen LogP contribution in [0.5, 0.6) is 5.75 Å². The molecule has 0 saturated carbocycles. The number of unbranched alkanes of at least 4 members (excludes halogenated alkanes) is 5. The van der Waals surface area contributed by atoms with Gasteiger partial charge in [-0.3, -0.25) is 10.1 Å². The molecule has 3 rings (SSSR count). The summed E-state index contributed by atoms with van der Waals surface area (Å²) < 4.78 is 11.0. The molecule has 0 aliphatic carbocycles. The second-order valence-corrected chi connectivity index (χ2v) is 7.91. The van der Waals surface area contributed by atoms with E-state index in [-0.39, 0.29) is 27.9 Å². The molecule has 0 atom stereocenters. The van der Waals surface area contributed by atoms with Gasteiger partial charge >= 0.3 is 5.97 Å². The van der Waals surface area contributed by atoms with Crippen molar-refractivity contribution in [2.45, 2.75) is 45.4 Å². The number of esters is 1. The Morgan fingerprint density at radius 3 is 2.53 bits per heavy atom. The minimum atomic E-state index is -0.633. The smallest absolute Gasteiger partial charge is 0.363 e. The minimum absolute atomic E-state index is 0.0225. The van der Waals surface area contributed by atoms with Crippen molar-refractivity contribution >= 4 is 35.2 Å². The zero-order valence-electron chi connectivity index (χ0n) is 17.9. The molecule has 1 heterocycles. The zero-order chi connectivity index (χ0) is 22.9. The van der Waals surface area contributed by atoms with E-state index in [1.54, 1.807) is 6.08 Å². The van der Waals surface area contributed by atoms with E-state index in [4.69, 9.17) is 21.1 Å². The van der Waals surface area contributed by atoms with Gasteiger partial charge in [0.15, 0.2) is 5.70 Å². The minimum Gasteiger partial charge on any atom is -0.494 e. The lowest BCUT2D eigenvalue weighted by Gasteiger charge is -2.06. The molecule has 0 bridgehead atoms. The number of carbonyl (C=O) groups excluding carboxylic acids is 1. The van der Waals surface area contributed by atoms with Crippen LogP contribution in [0.1, 0.15) is 56.6 Å². The van der Waals surface area contributed by atoms with Crippen molar-refractivity contribution in [2.24, 2.45) is 4.99 Å².